The summed E-state index contributed by atoms with van der Waals surface area (Å²) in [6.45, 7) is 1.49. The molecule has 3 amide bonds. The van der Waals surface area contributed by atoms with E-state index in [1.807, 2.05) is 17.5 Å². The Morgan fingerprint density at radius 2 is 1.88 bits per heavy atom. The van der Waals surface area contributed by atoms with Crippen molar-refractivity contribution in [2.45, 2.75) is 19.3 Å². The first-order chi connectivity index (χ1) is 16.0. The van der Waals surface area contributed by atoms with Crippen molar-refractivity contribution in [3.05, 3.63) is 62.2 Å². The summed E-state index contributed by atoms with van der Waals surface area (Å²) in [4.78, 5) is 39.8. The van der Waals surface area contributed by atoms with Gasteiger partial charge in [0.25, 0.3) is 11.8 Å². The van der Waals surface area contributed by atoms with Gasteiger partial charge < -0.3 is 15.5 Å². The highest BCUT2D eigenvalue weighted by atomic mass is 35.5. The second-order valence-corrected chi connectivity index (χ2v) is 9.94. The fraction of sp³-hybridized carbons (Fsp3) is 0.318. The van der Waals surface area contributed by atoms with Crippen LogP contribution in [0.1, 0.15) is 37.9 Å². The molecule has 172 valence electrons. The van der Waals surface area contributed by atoms with Gasteiger partial charge in [-0.05, 0) is 36.4 Å². The van der Waals surface area contributed by atoms with E-state index in [2.05, 4.69) is 20.8 Å². The van der Waals surface area contributed by atoms with Crippen LogP contribution in [0.15, 0.2) is 41.8 Å². The van der Waals surface area contributed by atoms with Crippen molar-refractivity contribution in [2.24, 2.45) is 5.92 Å². The first-order valence-corrected chi connectivity index (χ1v) is 12.6. The molecule has 2 aromatic heterocycles. The molecule has 0 atom stereocenters. The third kappa shape index (κ3) is 5.95. The SMILES string of the molecule is O=C(NCCc1nnc(NC(=O)C2CCN(C(=O)c3cccs3)CC2)s1)c1ccccc1Cl. The van der Waals surface area contributed by atoms with Gasteiger partial charge in [0.2, 0.25) is 11.0 Å². The first-order valence-electron chi connectivity index (χ1n) is 10.5. The van der Waals surface area contributed by atoms with E-state index in [0.29, 0.717) is 59.6 Å². The largest absolute Gasteiger partial charge is 0.352 e. The van der Waals surface area contributed by atoms with Crippen molar-refractivity contribution < 1.29 is 14.4 Å². The van der Waals surface area contributed by atoms with Crippen LogP contribution in [0.25, 0.3) is 0 Å². The number of hydrogen-bond acceptors (Lipinski definition) is 7. The molecule has 3 aromatic rings. The van der Waals surface area contributed by atoms with Crippen molar-refractivity contribution in [2.75, 3.05) is 25.0 Å². The third-order valence-corrected chi connectivity index (χ3v) is 7.41. The molecule has 2 N–H and O–H groups in total. The molecule has 1 fully saturated rings. The Labute approximate surface area is 204 Å². The second kappa shape index (κ2) is 10.9. The van der Waals surface area contributed by atoms with Crippen molar-refractivity contribution in [3.8, 4) is 0 Å². The highest BCUT2D eigenvalue weighted by Gasteiger charge is 2.28. The lowest BCUT2D eigenvalue weighted by molar-refractivity contribution is -0.121. The predicted molar refractivity (Wildman–Crippen MR) is 129 cm³/mol. The standard InChI is InChI=1S/C22H22ClN5O3S2/c23-16-5-2-1-4-15(16)20(30)24-10-7-18-26-27-22(33-18)25-19(29)14-8-11-28(12-9-14)21(31)17-6-3-13-32-17/h1-6,13-14H,7-12H2,(H,24,30)(H,25,27,29). The highest BCUT2D eigenvalue weighted by molar-refractivity contribution is 7.15. The van der Waals surface area contributed by atoms with Gasteiger partial charge in [0, 0.05) is 32.0 Å². The quantitative estimate of drug-likeness (QED) is 0.511. The van der Waals surface area contributed by atoms with Crippen LogP contribution in [0, 0.1) is 5.92 Å². The van der Waals surface area contributed by atoms with Gasteiger partial charge in [-0.2, -0.15) is 0 Å². The van der Waals surface area contributed by atoms with Crippen LogP contribution in [0.3, 0.4) is 0 Å². The number of thiophene rings is 1. The van der Waals surface area contributed by atoms with Crippen LogP contribution >= 0.6 is 34.3 Å². The van der Waals surface area contributed by atoms with Crippen LogP contribution < -0.4 is 10.6 Å². The van der Waals surface area contributed by atoms with Gasteiger partial charge in [0.1, 0.15) is 5.01 Å². The smallest absolute Gasteiger partial charge is 0.263 e. The zero-order chi connectivity index (χ0) is 23.2. The molecule has 0 aliphatic carbocycles. The fourth-order valence-corrected chi connectivity index (χ4v) is 5.19. The summed E-state index contributed by atoms with van der Waals surface area (Å²) in [5.41, 5.74) is 0.424. The number of rotatable bonds is 7. The minimum Gasteiger partial charge on any atom is -0.352 e. The van der Waals surface area contributed by atoms with Crippen LogP contribution in [-0.4, -0.2) is 52.5 Å². The van der Waals surface area contributed by atoms with E-state index in [1.165, 1.54) is 22.7 Å². The number of hydrogen-bond donors (Lipinski definition) is 2. The lowest BCUT2D eigenvalue weighted by Crippen LogP contribution is -2.41. The number of carbonyl (C=O) groups is 3. The maximum absolute atomic E-state index is 12.6. The molecule has 1 saturated heterocycles. The molecule has 0 radical (unpaired) electrons. The summed E-state index contributed by atoms with van der Waals surface area (Å²) in [6, 6.07) is 10.5. The summed E-state index contributed by atoms with van der Waals surface area (Å²) in [5.74, 6) is -0.491. The highest BCUT2D eigenvalue weighted by Crippen LogP contribution is 2.23. The van der Waals surface area contributed by atoms with Gasteiger partial charge in [0.05, 0.1) is 15.5 Å². The first kappa shape index (κ1) is 23.3. The Morgan fingerprint density at radius 1 is 1.09 bits per heavy atom. The number of aromatic nitrogens is 2. The molecular formula is C22H22ClN5O3S2. The van der Waals surface area contributed by atoms with Gasteiger partial charge in [0.15, 0.2) is 0 Å². The molecule has 1 aliphatic heterocycles. The van der Waals surface area contributed by atoms with Crippen LogP contribution in [0.5, 0.6) is 0 Å². The lowest BCUT2D eigenvalue weighted by Gasteiger charge is -2.30. The van der Waals surface area contributed by atoms with Crippen LogP contribution in [-0.2, 0) is 11.2 Å². The van der Waals surface area contributed by atoms with Gasteiger partial charge in [-0.1, -0.05) is 41.1 Å². The van der Waals surface area contributed by atoms with Gasteiger partial charge in [-0.25, -0.2) is 0 Å². The molecule has 11 heteroatoms. The monoisotopic (exact) mass is 503 g/mol. The molecule has 0 saturated carbocycles. The molecule has 0 bridgehead atoms. The molecule has 0 spiro atoms. The third-order valence-electron chi connectivity index (χ3n) is 5.32. The van der Waals surface area contributed by atoms with E-state index in [4.69, 9.17) is 11.6 Å². The number of anilines is 1. The minimum absolute atomic E-state index is 0.0271. The normalized spacial score (nSPS) is 14.2. The summed E-state index contributed by atoms with van der Waals surface area (Å²) >= 11 is 8.75. The van der Waals surface area contributed by atoms with E-state index in [9.17, 15) is 14.4 Å². The maximum Gasteiger partial charge on any atom is 0.263 e. The molecule has 3 heterocycles. The summed E-state index contributed by atoms with van der Waals surface area (Å²) in [6.07, 6.45) is 1.72. The summed E-state index contributed by atoms with van der Waals surface area (Å²) in [5, 5.41) is 17.2. The molecule has 1 aromatic carbocycles. The number of halogens is 1. The van der Waals surface area contributed by atoms with E-state index in [1.54, 1.807) is 29.2 Å². The Hall–Kier alpha value is -2.82. The van der Waals surface area contributed by atoms with Gasteiger partial charge >= 0.3 is 0 Å². The topological polar surface area (TPSA) is 104 Å². The number of likely N-dealkylation sites (tertiary alicyclic amines) is 1. The van der Waals surface area contributed by atoms with E-state index in [-0.39, 0.29) is 23.6 Å². The zero-order valence-electron chi connectivity index (χ0n) is 17.6. The molecule has 4 rings (SSSR count). The van der Waals surface area contributed by atoms with Crippen molar-refractivity contribution in [3.63, 3.8) is 0 Å². The average molecular weight is 504 g/mol. The molecular weight excluding hydrogens is 482 g/mol. The maximum atomic E-state index is 12.6. The second-order valence-electron chi connectivity index (χ2n) is 7.52. The molecule has 33 heavy (non-hydrogen) atoms. The van der Waals surface area contributed by atoms with Crippen molar-refractivity contribution >= 4 is 57.1 Å². The van der Waals surface area contributed by atoms with Crippen molar-refractivity contribution in [1.29, 1.82) is 0 Å². The molecule has 8 nitrogen and oxygen atoms in total. The molecule has 1 aliphatic rings. The number of benzene rings is 1. The fourth-order valence-electron chi connectivity index (χ4n) is 3.54. The van der Waals surface area contributed by atoms with E-state index >= 15 is 0 Å². The Kier molecular flexibility index (Phi) is 7.69. The van der Waals surface area contributed by atoms with Gasteiger partial charge in [-0.3, -0.25) is 14.4 Å². The minimum atomic E-state index is -0.248. The summed E-state index contributed by atoms with van der Waals surface area (Å²) < 4.78 is 0. The van der Waals surface area contributed by atoms with E-state index < -0.39 is 0 Å². The van der Waals surface area contributed by atoms with Crippen LogP contribution in [0.2, 0.25) is 5.02 Å². The molecule has 0 unspecified atom stereocenters. The van der Waals surface area contributed by atoms with Gasteiger partial charge in [-0.15, -0.1) is 21.5 Å². The number of nitrogens with one attached hydrogen (secondary N) is 2. The number of carbonyl (C=O) groups excluding carboxylic acids is 3. The van der Waals surface area contributed by atoms with Crippen molar-refractivity contribution in [1.82, 2.24) is 20.4 Å². The Balaban J connectivity index is 1.21. The van der Waals surface area contributed by atoms with Crippen LogP contribution in [0.4, 0.5) is 5.13 Å². The Morgan fingerprint density at radius 3 is 2.61 bits per heavy atom. The number of piperidine rings is 1. The Bertz CT molecular complexity index is 1130. The number of amides is 3. The predicted octanol–water partition coefficient (Wildman–Crippen LogP) is 3.72. The van der Waals surface area contributed by atoms with E-state index in [0.717, 1.165) is 4.88 Å². The average Bonchev–Trinajstić information content (AvgIpc) is 3.51. The number of nitrogens with zero attached hydrogens (tertiary/aromatic N) is 3. The zero-order valence-corrected chi connectivity index (χ0v) is 20.0. The lowest BCUT2D eigenvalue weighted by atomic mass is 9.96. The summed E-state index contributed by atoms with van der Waals surface area (Å²) in [7, 11) is 0.